The molecule has 0 aliphatic carbocycles. The highest BCUT2D eigenvalue weighted by Crippen LogP contribution is 2.32. The average molecular weight is 359 g/mol. The summed E-state index contributed by atoms with van der Waals surface area (Å²) in [5.74, 6) is 0. The first-order valence-electron chi connectivity index (χ1n) is 8.00. The number of benzene rings is 2. The van der Waals surface area contributed by atoms with Gasteiger partial charge >= 0.3 is 6.03 Å². The first-order chi connectivity index (χ1) is 11.7. The Morgan fingerprint density at radius 2 is 1.64 bits per heavy atom. The van der Waals surface area contributed by atoms with Crippen LogP contribution in [-0.4, -0.2) is 27.2 Å². The maximum absolute atomic E-state index is 12.2. The lowest BCUT2D eigenvalue weighted by Gasteiger charge is -2.17. The van der Waals surface area contributed by atoms with Gasteiger partial charge in [0.15, 0.2) is 0 Å². The zero-order chi connectivity index (χ0) is 18.2. The molecule has 1 heterocycles. The van der Waals surface area contributed by atoms with Crippen LogP contribution in [-0.2, 0) is 16.4 Å². The number of sulfonamides is 1. The molecule has 0 aromatic heterocycles. The Bertz CT molecular complexity index is 939. The topological polar surface area (TPSA) is 78.5 Å². The lowest BCUT2D eigenvalue weighted by molar-refractivity contribution is 0.262. The normalized spacial score (nSPS) is 13.5. The maximum atomic E-state index is 12.2. The second-order valence-corrected chi connectivity index (χ2v) is 8.21. The van der Waals surface area contributed by atoms with Crippen LogP contribution in [0.5, 0.6) is 0 Å². The minimum atomic E-state index is -3.31. The monoisotopic (exact) mass is 359 g/mol. The molecule has 7 heteroatoms. The largest absolute Gasteiger partial charge is 0.323 e. The predicted molar refractivity (Wildman–Crippen MR) is 101 cm³/mol. The van der Waals surface area contributed by atoms with E-state index in [1.807, 2.05) is 38.1 Å². The number of amides is 2. The van der Waals surface area contributed by atoms with E-state index in [0.29, 0.717) is 30.0 Å². The SMILES string of the molecule is Cc1ccc(NC(=O)Nc2ccc3c(c2)N(S(C)(=O)=O)CC3)cc1C. The third-order valence-corrected chi connectivity index (χ3v) is 5.54. The van der Waals surface area contributed by atoms with Crippen molar-refractivity contribution in [1.82, 2.24) is 0 Å². The lowest BCUT2D eigenvalue weighted by atomic mass is 10.1. The fraction of sp³-hybridized carbons (Fsp3) is 0.278. The summed E-state index contributed by atoms with van der Waals surface area (Å²) in [5.41, 5.74) is 5.11. The minimum absolute atomic E-state index is 0.368. The van der Waals surface area contributed by atoms with Crippen LogP contribution in [0.2, 0.25) is 0 Å². The highest BCUT2D eigenvalue weighted by Gasteiger charge is 2.26. The highest BCUT2D eigenvalue weighted by atomic mass is 32.2. The van der Waals surface area contributed by atoms with Crippen molar-refractivity contribution in [2.45, 2.75) is 20.3 Å². The van der Waals surface area contributed by atoms with Gasteiger partial charge in [0.05, 0.1) is 11.9 Å². The smallest absolute Gasteiger partial charge is 0.308 e. The van der Waals surface area contributed by atoms with Gasteiger partial charge in [0.1, 0.15) is 0 Å². The van der Waals surface area contributed by atoms with Gasteiger partial charge in [-0.05, 0) is 61.2 Å². The van der Waals surface area contributed by atoms with Crippen molar-refractivity contribution in [2.75, 3.05) is 27.7 Å². The van der Waals surface area contributed by atoms with Crippen LogP contribution in [0.4, 0.5) is 21.9 Å². The molecule has 2 amide bonds. The van der Waals surface area contributed by atoms with Gasteiger partial charge in [-0.3, -0.25) is 4.31 Å². The number of hydrogen-bond donors (Lipinski definition) is 2. The van der Waals surface area contributed by atoms with Crippen LogP contribution in [0.3, 0.4) is 0 Å². The van der Waals surface area contributed by atoms with E-state index in [2.05, 4.69) is 10.6 Å². The van der Waals surface area contributed by atoms with Gasteiger partial charge < -0.3 is 10.6 Å². The number of urea groups is 1. The molecule has 0 saturated heterocycles. The maximum Gasteiger partial charge on any atom is 0.323 e. The fourth-order valence-corrected chi connectivity index (χ4v) is 3.83. The molecule has 0 fully saturated rings. The number of rotatable bonds is 3. The van der Waals surface area contributed by atoms with Gasteiger partial charge in [0.25, 0.3) is 0 Å². The molecule has 2 aromatic carbocycles. The van der Waals surface area contributed by atoms with Crippen LogP contribution in [0.25, 0.3) is 0 Å². The van der Waals surface area contributed by atoms with Gasteiger partial charge in [0, 0.05) is 17.9 Å². The molecular weight excluding hydrogens is 338 g/mol. The molecule has 0 unspecified atom stereocenters. The van der Waals surface area contributed by atoms with Crippen LogP contribution in [0.1, 0.15) is 16.7 Å². The zero-order valence-electron chi connectivity index (χ0n) is 14.5. The molecule has 2 aromatic rings. The second kappa shape index (κ2) is 6.40. The summed E-state index contributed by atoms with van der Waals surface area (Å²) < 4.78 is 25.1. The molecule has 0 spiro atoms. The molecule has 25 heavy (non-hydrogen) atoms. The summed E-state index contributed by atoms with van der Waals surface area (Å²) >= 11 is 0. The van der Waals surface area contributed by atoms with Crippen LogP contribution < -0.4 is 14.9 Å². The molecule has 0 saturated carbocycles. The molecule has 132 valence electrons. The zero-order valence-corrected chi connectivity index (χ0v) is 15.3. The van der Waals surface area contributed by atoms with Crippen molar-refractivity contribution in [3.8, 4) is 0 Å². The molecule has 6 nitrogen and oxygen atoms in total. The summed E-state index contributed by atoms with van der Waals surface area (Å²) in [6, 6.07) is 10.7. The quantitative estimate of drug-likeness (QED) is 0.883. The molecule has 0 bridgehead atoms. The Morgan fingerprint density at radius 3 is 2.28 bits per heavy atom. The standard InChI is InChI=1S/C18H21N3O3S/c1-12-4-6-15(10-13(12)2)19-18(22)20-16-7-5-14-8-9-21(17(14)11-16)25(3,23)24/h4-7,10-11H,8-9H2,1-3H3,(H2,19,20,22). The van der Waals surface area contributed by atoms with E-state index < -0.39 is 10.0 Å². The summed E-state index contributed by atoms with van der Waals surface area (Å²) in [5, 5.41) is 5.54. The van der Waals surface area contributed by atoms with E-state index in [0.717, 1.165) is 16.7 Å². The lowest BCUT2D eigenvalue weighted by Crippen LogP contribution is -2.27. The number of nitrogens with one attached hydrogen (secondary N) is 2. The summed E-state index contributed by atoms with van der Waals surface area (Å²) in [4.78, 5) is 12.2. The number of carbonyl (C=O) groups is 1. The van der Waals surface area contributed by atoms with Crippen molar-refractivity contribution in [2.24, 2.45) is 0 Å². The number of nitrogens with zero attached hydrogens (tertiary/aromatic N) is 1. The first-order valence-corrected chi connectivity index (χ1v) is 9.85. The summed E-state index contributed by atoms with van der Waals surface area (Å²) in [6.45, 7) is 4.43. The molecule has 2 N–H and O–H groups in total. The van der Waals surface area contributed by atoms with E-state index >= 15 is 0 Å². The second-order valence-electron chi connectivity index (χ2n) is 6.31. The van der Waals surface area contributed by atoms with Gasteiger partial charge in [-0.1, -0.05) is 12.1 Å². The molecule has 1 aliphatic rings. The van der Waals surface area contributed by atoms with Gasteiger partial charge in [-0.2, -0.15) is 0 Å². The molecule has 0 atom stereocenters. The number of carbonyl (C=O) groups excluding carboxylic acids is 1. The Kier molecular flexibility index (Phi) is 4.43. The number of fused-ring (bicyclic) bond motifs is 1. The minimum Gasteiger partial charge on any atom is -0.308 e. The first kappa shape index (κ1) is 17.3. The van der Waals surface area contributed by atoms with Crippen LogP contribution in [0.15, 0.2) is 36.4 Å². The van der Waals surface area contributed by atoms with E-state index in [1.165, 1.54) is 10.6 Å². The Morgan fingerprint density at radius 1 is 1.00 bits per heavy atom. The van der Waals surface area contributed by atoms with Crippen molar-refractivity contribution < 1.29 is 13.2 Å². The van der Waals surface area contributed by atoms with E-state index in [-0.39, 0.29) is 6.03 Å². The third kappa shape index (κ3) is 3.76. The molecular formula is C18H21N3O3S. The summed E-state index contributed by atoms with van der Waals surface area (Å²) in [7, 11) is -3.31. The average Bonchev–Trinajstić information content (AvgIpc) is 2.94. The Balaban J connectivity index is 1.75. The molecule has 1 aliphatic heterocycles. The van der Waals surface area contributed by atoms with Crippen molar-refractivity contribution in [3.63, 3.8) is 0 Å². The van der Waals surface area contributed by atoms with Gasteiger partial charge in [-0.25, -0.2) is 13.2 Å². The van der Waals surface area contributed by atoms with E-state index in [9.17, 15) is 13.2 Å². The molecule has 0 radical (unpaired) electrons. The third-order valence-electron chi connectivity index (χ3n) is 4.36. The van der Waals surface area contributed by atoms with Crippen LogP contribution >= 0.6 is 0 Å². The predicted octanol–water partition coefficient (Wildman–Crippen LogP) is 3.27. The number of hydrogen-bond acceptors (Lipinski definition) is 3. The van der Waals surface area contributed by atoms with E-state index in [1.54, 1.807) is 12.1 Å². The van der Waals surface area contributed by atoms with Crippen molar-refractivity contribution in [1.29, 1.82) is 0 Å². The number of anilines is 3. The van der Waals surface area contributed by atoms with Crippen molar-refractivity contribution >= 4 is 33.1 Å². The van der Waals surface area contributed by atoms with Crippen LogP contribution in [0, 0.1) is 13.8 Å². The fourth-order valence-electron chi connectivity index (χ4n) is 2.88. The summed E-state index contributed by atoms with van der Waals surface area (Å²) in [6.07, 6.45) is 1.87. The van der Waals surface area contributed by atoms with Gasteiger partial charge in [-0.15, -0.1) is 0 Å². The number of aryl methyl sites for hydroxylation is 2. The molecule has 3 rings (SSSR count). The Labute approximate surface area is 147 Å². The van der Waals surface area contributed by atoms with Crippen molar-refractivity contribution in [3.05, 3.63) is 53.1 Å². The Hall–Kier alpha value is -2.54. The highest BCUT2D eigenvalue weighted by molar-refractivity contribution is 7.92. The van der Waals surface area contributed by atoms with Gasteiger partial charge in [0.2, 0.25) is 10.0 Å². The van der Waals surface area contributed by atoms with E-state index in [4.69, 9.17) is 0 Å².